The van der Waals surface area contributed by atoms with E-state index in [-0.39, 0.29) is 11.8 Å². The summed E-state index contributed by atoms with van der Waals surface area (Å²) < 4.78 is 0. The topological polar surface area (TPSA) is 66.0 Å². The van der Waals surface area contributed by atoms with Crippen molar-refractivity contribution < 1.29 is 9.90 Å². The number of H-pyrrole nitrogens is 1. The minimum Gasteiger partial charge on any atom is -0.481 e. The Morgan fingerprint density at radius 1 is 1.56 bits per heavy atom. The average molecular weight is 237 g/mol. The van der Waals surface area contributed by atoms with E-state index in [9.17, 15) is 4.79 Å². The summed E-state index contributed by atoms with van der Waals surface area (Å²) in [6, 6.07) is 5.50. The smallest absolute Gasteiger partial charge is 0.307 e. The molecule has 0 aliphatic heterocycles. The number of rotatable bonds is 2. The van der Waals surface area contributed by atoms with Gasteiger partial charge in [0.1, 0.15) is 11.3 Å². The number of fused-ring (bicyclic) bond motifs is 1. The van der Waals surface area contributed by atoms with E-state index in [4.69, 9.17) is 16.7 Å². The molecule has 16 heavy (non-hydrogen) atoms. The quantitative estimate of drug-likeness (QED) is 0.842. The van der Waals surface area contributed by atoms with Crippen LogP contribution in [0.1, 0.15) is 18.2 Å². The van der Waals surface area contributed by atoms with Crippen molar-refractivity contribution in [1.82, 2.24) is 9.97 Å². The minimum atomic E-state index is -0.753. The molecular weight excluding hydrogens is 228 g/mol. The van der Waals surface area contributed by atoms with Crippen molar-refractivity contribution in [3.8, 4) is 0 Å². The third kappa shape index (κ3) is 1.38. The molecule has 1 fully saturated rings. The van der Waals surface area contributed by atoms with Gasteiger partial charge in [0.2, 0.25) is 0 Å². The van der Waals surface area contributed by atoms with Crippen LogP contribution in [-0.4, -0.2) is 21.0 Å². The molecule has 2 atom stereocenters. The molecule has 0 spiro atoms. The number of imidazole rings is 1. The summed E-state index contributed by atoms with van der Waals surface area (Å²) in [4.78, 5) is 18.2. The first-order valence-corrected chi connectivity index (χ1v) is 5.41. The van der Waals surface area contributed by atoms with Gasteiger partial charge in [-0.25, -0.2) is 4.98 Å². The number of halogens is 1. The molecule has 1 saturated carbocycles. The van der Waals surface area contributed by atoms with E-state index < -0.39 is 5.97 Å². The molecule has 1 heterocycles. The van der Waals surface area contributed by atoms with Crippen LogP contribution in [0.15, 0.2) is 18.2 Å². The number of aromatic nitrogens is 2. The van der Waals surface area contributed by atoms with Gasteiger partial charge in [0, 0.05) is 5.92 Å². The van der Waals surface area contributed by atoms with Gasteiger partial charge >= 0.3 is 5.97 Å². The van der Waals surface area contributed by atoms with Crippen molar-refractivity contribution in [1.29, 1.82) is 0 Å². The average Bonchev–Trinajstić information content (AvgIpc) is 2.92. The van der Waals surface area contributed by atoms with Gasteiger partial charge in [-0.05, 0) is 18.6 Å². The lowest BCUT2D eigenvalue weighted by molar-refractivity contribution is -0.138. The molecule has 82 valence electrons. The van der Waals surface area contributed by atoms with Gasteiger partial charge in [0.05, 0.1) is 16.5 Å². The first-order chi connectivity index (χ1) is 7.66. The number of para-hydroxylation sites is 1. The van der Waals surface area contributed by atoms with Crippen LogP contribution < -0.4 is 0 Å². The Hall–Kier alpha value is -1.55. The van der Waals surface area contributed by atoms with Crippen molar-refractivity contribution >= 4 is 28.6 Å². The lowest BCUT2D eigenvalue weighted by atomic mass is 10.3. The molecule has 3 rings (SSSR count). The number of aromatic amines is 1. The maximum Gasteiger partial charge on any atom is 0.307 e. The number of hydrogen-bond donors (Lipinski definition) is 2. The Labute approximate surface area is 96.3 Å². The second kappa shape index (κ2) is 3.22. The van der Waals surface area contributed by atoms with Gasteiger partial charge in [0.15, 0.2) is 0 Å². The summed E-state index contributed by atoms with van der Waals surface area (Å²) in [5.74, 6) is -0.299. The second-order valence-corrected chi connectivity index (χ2v) is 4.45. The Morgan fingerprint density at radius 3 is 3.00 bits per heavy atom. The molecule has 0 unspecified atom stereocenters. The van der Waals surface area contributed by atoms with E-state index >= 15 is 0 Å². The molecule has 1 aromatic carbocycles. The summed E-state index contributed by atoms with van der Waals surface area (Å²) in [6.45, 7) is 0. The van der Waals surface area contributed by atoms with E-state index in [1.165, 1.54) is 0 Å². The highest BCUT2D eigenvalue weighted by molar-refractivity contribution is 6.34. The van der Waals surface area contributed by atoms with Gasteiger partial charge < -0.3 is 10.1 Å². The number of benzene rings is 1. The number of nitrogens with one attached hydrogen (secondary N) is 1. The van der Waals surface area contributed by atoms with Gasteiger partial charge in [-0.2, -0.15) is 0 Å². The molecule has 1 aromatic heterocycles. The van der Waals surface area contributed by atoms with Gasteiger partial charge in [-0.15, -0.1) is 0 Å². The zero-order valence-electron chi connectivity index (χ0n) is 8.27. The Balaban J connectivity index is 2.01. The second-order valence-electron chi connectivity index (χ2n) is 4.04. The largest absolute Gasteiger partial charge is 0.481 e. The fraction of sp³-hybridized carbons (Fsp3) is 0.273. The summed E-state index contributed by atoms with van der Waals surface area (Å²) in [7, 11) is 0. The van der Waals surface area contributed by atoms with Crippen molar-refractivity contribution in [2.75, 3.05) is 0 Å². The maximum absolute atomic E-state index is 10.8. The summed E-state index contributed by atoms with van der Waals surface area (Å²) in [5.41, 5.74) is 1.58. The zero-order valence-corrected chi connectivity index (χ0v) is 9.03. The minimum absolute atomic E-state index is 0.0148. The standard InChI is InChI=1S/C11H9ClN2O2/c12-7-2-1-3-8-9(7)14-10(13-8)5-4-6(5)11(15)16/h1-3,5-6H,4H2,(H,13,14)(H,15,16)/t5-,6-/m1/s1. The van der Waals surface area contributed by atoms with Crippen LogP contribution >= 0.6 is 11.6 Å². The van der Waals surface area contributed by atoms with Crippen LogP contribution in [-0.2, 0) is 4.79 Å². The highest BCUT2D eigenvalue weighted by Crippen LogP contribution is 2.46. The van der Waals surface area contributed by atoms with Crippen LogP contribution in [0.25, 0.3) is 11.0 Å². The monoisotopic (exact) mass is 236 g/mol. The van der Waals surface area contributed by atoms with E-state index in [0.717, 1.165) is 16.9 Å². The first-order valence-electron chi connectivity index (χ1n) is 5.04. The van der Waals surface area contributed by atoms with Crippen molar-refractivity contribution in [2.45, 2.75) is 12.3 Å². The molecule has 1 aliphatic rings. The van der Waals surface area contributed by atoms with Crippen LogP contribution in [0.5, 0.6) is 0 Å². The lowest BCUT2D eigenvalue weighted by Gasteiger charge is -1.89. The third-order valence-corrected chi connectivity index (χ3v) is 3.25. The number of aliphatic carboxylic acids is 1. The molecule has 4 nitrogen and oxygen atoms in total. The number of nitrogens with zero attached hydrogens (tertiary/aromatic N) is 1. The SMILES string of the molecule is O=C(O)[C@@H]1C[C@H]1c1nc2c(Cl)cccc2[nH]1. The Kier molecular flexibility index (Phi) is 1.94. The fourth-order valence-corrected chi connectivity index (χ4v) is 2.18. The van der Waals surface area contributed by atoms with Gasteiger partial charge in [0.25, 0.3) is 0 Å². The van der Waals surface area contributed by atoms with Crippen molar-refractivity contribution in [3.63, 3.8) is 0 Å². The summed E-state index contributed by atoms with van der Waals surface area (Å²) >= 11 is 6.00. The summed E-state index contributed by atoms with van der Waals surface area (Å²) in [5, 5.41) is 9.44. The zero-order chi connectivity index (χ0) is 11.3. The Bertz CT molecular complexity index is 578. The molecule has 0 bridgehead atoms. The van der Waals surface area contributed by atoms with Crippen molar-refractivity contribution in [3.05, 3.63) is 29.0 Å². The number of carboxylic acids is 1. The van der Waals surface area contributed by atoms with E-state index in [1.807, 2.05) is 12.1 Å². The van der Waals surface area contributed by atoms with Crippen LogP contribution in [0.4, 0.5) is 0 Å². The molecule has 5 heteroatoms. The van der Waals surface area contributed by atoms with Gasteiger partial charge in [-0.3, -0.25) is 4.79 Å². The lowest BCUT2D eigenvalue weighted by Crippen LogP contribution is -1.99. The molecule has 0 radical (unpaired) electrons. The predicted octanol–water partition coefficient (Wildman–Crippen LogP) is 2.40. The van der Waals surface area contributed by atoms with E-state index in [0.29, 0.717) is 11.4 Å². The van der Waals surface area contributed by atoms with E-state index in [2.05, 4.69) is 9.97 Å². The van der Waals surface area contributed by atoms with Crippen LogP contribution in [0.2, 0.25) is 5.02 Å². The highest BCUT2D eigenvalue weighted by atomic mass is 35.5. The van der Waals surface area contributed by atoms with Crippen molar-refractivity contribution in [2.24, 2.45) is 5.92 Å². The number of carboxylic acid groups (broad SMARTS) is 1. The van der Waals surface area contributed by atoms with Gasteiger partial charge in [-0.1, -0.05) is 17.7 Å². The first kappa shape index (κ1) is 9.66. The maximum atomic E-state index is 10.8. The molecule has 1 aliphatic carbocycles. The van der Waals surface area contributed by atoms with E-state index in [1.54, 1.807) is 6.07 Å². The number of carbonyl (C=O) groups is 1. The van der Waals surface area contributed by atoms with Crippen LogP contribution in [0, 0.1) is 5.92 Å². The Morgan fingerprint density at radius 2 is 2.38 bits per heavy atom. The molecule has 0 saturated heterocycles. The van der Waals surface area contributed by atoms with Crippen LogP contribution in [0.3, 0.4) is 0 Å². The number of hydrogen-bond acceptors (Lipinski definition) is 2. The summed E-state index contributed by atoms with van der Waals surface area (Å²) in [6.07, 6.45) is 0.659. The normalized spacial score (nSPS) is 23.6. The molecule has 0 amide bonds. The molecule has 2 aromatic rings. The highest BCUT2D eigenvalue weighted by Gasteiger charge is 2.46. The fourth-order valence-electron chi connectivity index (χ4n) is 1.96. The third-order valence-electron chi connectivity index (χ3n) is 2.94. The molecular formula is C11H9ClN2O2. The predicted molar refractivity (Wildman–Crippen MR) is 59.6 cm³/mol. The molecule has 2 N–H and O–H groups in total.